The molecule has 0 unspecified atom stereocenters. The van der Waals surface area contributed by atoms with Gasteiger partial charge in [-0.3, -0.25) is 0 Å². The van der Waals surface area contributed by atoms with Gasteiger partial charge in [-0.2, -0.15) is 0 Å². The van der Waals surface area contributed by atoms with Crippen LogP contribution < -0.4 is 33.9 Å². The van der Waals surface area contributed by atoms with E-state index >= 15 is 0 Å². The zero-order valence-electron chi connectivity index (χ0n) is 20.6. The molecule has 0 fully saturated rings. The highest BCUT2D eigenvalue weighted by atomic mass is 35.5. The smallest absolute Gasteiger partial charge is 0.169 e. The lowest BCUT2D eigenvalue weighted by molar-refractivity contribution is -0.697. The summed E-state index contributed by atoms with van der Waals surface area (Å²) in [5.74, 6) is 0. The minimum Gasteiger partial charge on any atom is -1.00 e. The first-order valence-corrected chi connectivity index (χ1v) is 12.8. The molecule has 0 aromatic carbocycles. The lowest BCUT2D eigenvalue weighted by Crippen LogP contribution is -3.00. The van der Waals surface area contributed by atoms with Crippen LogP contribution >= 0.6 is 0 Å². The Bertz CT molecular complexity index is 597. The molecule has 0 aliphatic carbocycles. The maximum atomic E-state index is 2.33. The summed E-state index contributed by atoms with van der Waals surface area (Å²) in [6, 6.07) is 9.04. The van der Waals surface area contributed by atoms with Crippen LogP contribution in [0.4, 0.5) is 0 Å². The van der Waals surface area contributed by atoms with Crippen molar-refractivity contribution in [3.63, 3.8) is 0 Å². The summed E-state index contributed by atoms with van der Waals surface area (Å²) in [4.78, 5) is 0. The molecule has 0 atom stereocenters. The normalized spacial score (nSPS) is 10.4. The lowest BCUT2D eigenvalue weighted by atomic mass is 10.1. The van der Waals surface area contributed by atoms with E-state index in [9.17, 15) is 0 Å². The quantitative estimate of drug-likeness (QED) is 0.239. The van der Waals surface area contributed by atoms with E-state index in [1.54, 1.807) is 0 Å². The van der Waals surface area contributed by atoms with Crippen molar-refractivity contribution in [3.8, 4) is 11.1 Å². The van der Waals surface area contributed by atoms with Crippen molar-refractivity contribution in [2.24, 2.45) is 0 Å². The maximum absolute atomic E-state index is 2.33. The van der Waals surface area contributed by atoms with Crippen molar-refractivity contribution < 1.29 is 33.9 Å². The van der Waals surface area contributed by atoms with Gasteiger partial charge in [-0.1, -0.05) is 78.1 Å². The molecule has 0 saturated heterocycles. The van der Waals surface area contributed by atoms with Crippen LogP contribution in [-0.4, -0.2) is 0 Å². The van der Waals surface area contributed by atoms with Crippen molar-refractivity contribution in [1.82, 2.24) is 0 Å². The Hall–Kier alpha value is -1.12. The summed E-state index contributed by atoms with van der Waals surface area (Å²) < 4.78 is 4.67. The van der Waals surface area contributed by atoms with Crippen LogP contribution in [0.5, 0.6) is 0 Å². The Kier molecular flexibility index (Phi) is 19.8. The molecular weight excluding hydrogens is 435 g/mol. The van der Waals surface area contributed by atoms with Crippen LogP contribution in [0, 0.1) is 0 Å². The third-order valence-electron chi connectivity index (χ3n) is 6.16. The fourth-order valence-corrected chi connectivity index (χ4v) is 4.10. The highest BCUT2D eigenvalue weighted by Gasteiger charge is 2.06. The van der Waals surface area contributed by atoms with E-state index in [1.165, 1.54) is 101 Å². The van der Waals surface area contributed by atoms with Gasteiger partial charge in [0, 0.05) is 37.1 Å². The van der Waals surface area contributed by atoms with Crippen molar-refractivity contribution in [2.45, 2.75) is 117 Å². The summed E-state index contributed by atoms with van der Waals surface area (Å²) in [5.41, 5.74) is 2.63. The third-order valence-corrected chi connectivity index (χ3v) is 6.16. The number of aryl methyl sites for hydroxylation is 2. The predicted molar refractivity (Wildman–Crippen MR) is 128 cm³/mol. The van der Waals surface area contributed by atoms with Crippen LogP contribution in [0.25, 0.3) is 11.1 Å². The molecule has 0 aliphatic rings. The number of hydrogen-bond acceptors (Lipinski definition) is 0. The van der Waals surface area contributed by atoms with Crippen molar-refractivity contribution in [3.05, 3.63) is 49.1 Å². The van der Waals surface area contributed by atoms with Gasteiger partial charge in [-0.25, -0.2) is 9.13 Å². The van der Waals surface area contributed by atoms with Crippen LogP contribution in [-0.2, 0) is 13.1 Å². The molecule has 2 aromatic rings. The zero-order chi connectivity index (χ0) is 21.3. The lowest BCUT2D eigenvalue weighted by Gasteiger charge is -2.03. The first kappa shape index (κ1) is 30.9. The first-order chi connectivity index (χ1) is 14.8. The van der Waals surface area contributed by atoms with Crippen LogP contribution in [0.15, 0.2) is 49.1 Å². The summed E-state index contributed by atoms with van der Waals surface area (Å²) in [6.45, 7) is 6.85. The Morgan fingerprint density at radius 1 is 0.438 bits per heavy atom. The van der Waals surface area contributed by atoms with Gasteiger partial charge >= 0.3 is 0 Å². The number of hydrogen-bond donors (Lipinski definition) is 0. The molecule has 0 radical (unpaired) electrons. The van der Waals surface area contributed by atoms with E-state index in [-0.39, 0.29) is 24.8 Å². The molecule has 2 aromatic heterocycles. The second-order valence-corrected chi connectivity index (χ2v) is 8.89. The summed E-state index contributed by atoms with van der Waals surface area (Å²) in [5, 5.41) is 0. The molecule has 0 bridgehead atoms. The number of unbranched alkanes of at least 4 members (excludes halogenated alkanes) is 12. The van der Waals surface area contributed by atoms with Gasteiger partial charge in [0.15, 0.2) is 24.8 Å². The molecule has 32 heavy (non-hydrogen) atoms. The molecule has 0 aliphatic heterocycles. The monoisotopic (exact) mass is 480 g/mol. The van der Waals surface area contributed by atoms with Crippen molar-refractivity contribution in [1.29, 1.82) is 0 Å². The van der Waals surface area contributed by atoms with Gasteiger partial charge in [0.25, 0.3) is 0 Å². The Morgan fingerprint density at radius 3 is 1.03 bits per heavy atom. The molecular formula is C28H46Cl2N2. The van der Waals surface area contributed by atoms with Gasteiger partial charge in [-0.05, 0) is 24.0 Å². The van der Waals surface area contributed by atoms with E-state index < -0.39 is 0 Å². The number of aromatic nitrogens is 2. The molecule has 4 heteroatoms. The first-order valence-electron chi connectivity index (χ1n) is 12.8. The van der Waals surface area contributed by atoms with Crippen LogP contribution in [0.1, 0.15) is 104 Å². The molecule has 0 amide bonds. The fourth-order valence-electron chi connectivity index (χ4n) is 4.10. The van der Waals surface area contributed by atoms with Gasteiger partial charge in [0.1, 0.15) is 13.1 Å². The molecule has 0 saturated carbocycles. The summed E-state index contributed by atoms with van der Waals surface area (Å²) >= 11 is 0. The Balaban J connectivity index is 0.00000480. The van der Waals surface area contributed by atoms with Gasteiger partial charge in [-0.15, -0.1) is 0 Å². The van der Waals surface area contributed by atoms with E-state index in [1.807, 2.05) is 0 Å². The zero-order valence-corrected chi connectivity index (χ0v) is 22.1. The minimum absolute atomic E-state index is 0. The maximum Gasteiger partial charge on any atom is 0.169 e. The average Bonchev–Trinajstić information content (AvgIpc) is 2.79. The summed E-state index contributed by atoms with van der Waals surface area (Å²) in [7, 11) is 0. The molecule has 2 heterocycles. The highest BCUT2D eigenvalue weighted by molar-refractivity contribution is 5.60. The van der Waals surface area contributed by atoms with Crippen LogP contribution in [0.3, 0.4) is 0 Å². The number of pyridine rings is 2. The van der Waals surface area contributed by atoms with Gasteiger partial charge in [0.2, 0.25) is 0 Å². The standard InChI is InChI=1S/C28H46N2.2ClH/c1-3-5-7-9-11-13-15-21-29-23-17-27(18-24-29)28-19-25-30(26-20-28)22-16-14-12-10-8-6-4-2;;/h17-20,23-26H,3-16,21-22H2,1-2H3;2*1H/q+2;;/p-2. The van der Waals surface area contributed by atoms with E-state index in [2.05, 4.69) is 72.0 Å². The second-order valence-electron chi connectivity index (χ2n) is 8.89. The van der Waals surface area contributed by atoms with E-state index in [4.69, 9.17) is 0 Å². The third kappa shape index (κ3) is 13.4. The molecule has 0 N–H and O–H groups in total. The highest BCUT2D eigenvalue weighted by Crippen LogP contribution is 2.16. The summed E-state index contributed by atoms with van der Waals surface area (Å²) in [6.07, 6.45) is 28.2. The van der Waals surface area contributed by atoms with Crippen molar-refractivity contribution in [2.75, 3.05) is 0 Å². The molecule has 182 valence electrons. The largest absolute Gasteiger partial charge is 1.00 e. The predicted octanol–water partition coefficient (Wildman–Crippen LogP) is 1.44. The number of halogens is 2. The average molecular weight is 482 g/mol. The topological polar surface area (TPSA) is 7.76 Å². The van der Waals surface area contributed by atoms with Crippen molar-refractivity contribution >= 4 is 0 Å². The van der Waals surface area contributed by atoms with E-state index in [0.29, 0.717) is 0 Å². The molecule has 2 rings (SSSR count). The fraction of sp³-hybridized carbons (Fsp3) is 0.643. The van der Waals surface area contributed by atoms with E-state index in [0.717, 1.165) is 13.1 Å². The number of rotatable bonds is 17. The number of nitrogens with zero attached hydrogens (tertiary/aromatic N) is 2. The Morgan fingerprint density at radius 2 is 0.719 bits per heavy atom. The molecule has 0 spiro atoms. The van der Waals surface area contributed by atoms with Gasteiger partial charge < -0.3 is 24.8 Å². The van der Waals surface area contributed by atoms with Gasteiger partial charge in [0.05, 0.1) is 0 Å². The second kappa shape index (κ2) is 20.5. The SMILES string of the molecule is CCCCCCCCC[n+]1ccc(-c2cc[n+](CCCCCCCCC)cc2)cc1.[Cl-].[Cl-]. The Labute approximate surface area is 210 Å². The molecule has 2 nitrogen and oxygen atoms in total. The minimum atomic E-state index is 0. The van der Waals surface area contributed by atoms with Crippen LogP contribution in [0.2, 0.25) is 0 Å².